The maximum Gasteiger partial charge on any atom is 0.229 e. The second-order valence-electron chi connectivity index (χ2n) is 5.46. The van der Waals surface area contributed by atoms with Crippen molar-refractivity contribution in [2.24, 2.45) is 5.73 Å². The van der Waals surface area contributed by atoms with Crippen LogP contribution in [0, 0.1) is 0 Å². The number of sulfonamides is 1. The van der Waals surface area contributed by atoms with Crippen LogP contribution in [-0.4, -0.2) is 108 Å². The summed E-state index contributed by atoms with van der Waals surface area (Å²) in [6.07, 6.45) is 1.24. The van der Waals surface area contributed by atoms with Gasteiger partial charge in [0.15, 0.2) is 12.6 Å². The van der Waals surface area contributed by atoms with E-state index in [-0.39, 0.29) is 27.7 Å². The van der Waals surface area contributed by atoms with Gasteiger partial charge in [0.2, 0.25) is 19.1 Å². The summed E-state index contributed by atoms with van der Waals surface area (Å²) in [6, 6.07) is 0. The third-order valence-electron chi connectivity index (χ3n) is 3.10. The maximum atomic E-state index is 10.5. The van der Waals surface area contributed by atoms with Crippen LogP contribution in [0.4, 0.5) is 0 Å². The first-order chi connectivity index (χ1) is 13.7. The summed E-state index contributed by atoms with van der Waals surface area (Å²) in [5.41, 5.74) is 5.14. The number of nitrogens with one attached hydrogen (secondary N) is 1. The average molecular weight is 536 g/mol. The molecule has 0 heterocycles. The Morgan fingerprint density at radius 2 is 1.09 bits per heavy atom. The molecule has 14 heteroatoms. The third-order valence-corrected chi connectivity index (χ3v) is 3.79. The minimum atomic E-state index is -3.19. The molecule has 0 fully saturated rings. The predicted molar refractivity (Wildman–Crippen MR) is 135 cm³/mol. The molecule has 0 aliphatic carbocycles. The van der Waals surface area contributed by atoms with Gasteiger partial charge in [-0.15, -0.1) is 0 Å². The number of hydrogen-bond donors (Lipinski definition) is 2. The Kier molecular flexibility index (Phi) is 41.1. The van der Waals surface area contributed by atoms with E-state index in [1.54, 1.807) is 14.2 Å². The Bertz CT molecular complexity index is 509. The number of nitrogens with two attached hydrogens (primary N) is 1. The quantitative estimate of drug-likeness (QED) is 0.295. The standard InChI is InChI=1S/C6H15N.C5H13NO4S.C4H11NO2.CH3ClO2S.2CH4/c1-4-7(5-2)6-3;1-9-5(10-2)4-6-11(3,7)8;1-6-4(3-5)7-2;1-5(2,3)4;;/h4-6H2,1-3H3;5-6H,4H2,1-3H3;4H,3,5H2,1-2H3;1H3;2*1H4. The van der Waals surface area contributed by atoms with E-state index in [1.165, 1.54) is 33.9 Å². The molecule has 0 radical (unpaired) electrons. The maximum absolute atomic E-state index is 10.5. The third kappa shape index (κ3) is 52.1. The summed E-state index contributed by atoms with van der Waals surface area (Å²) < 4.78 is 61.0. The van der Waals surface area contributed by atoms with Crippen LogP contribution >= 0.6 is 10.7 Å². The van der Waals surface area contributed by atoms with E-state index < -0.39 is 25.4 Å². The highest BCUT2D eigenvalue weighted by Gasteiger charge is 2.07. The number of hydrogen-bond acceptors (Lipinski definition) is 10. The zero-order valence-electron chi connectivity index (χ0n) is 19.7. The van der Waals surface area contributed by atoms with Gasteiger partial charge in [-0.25, -0.2) is 21.6 Å². The van der Waals surface area contributed by atoms with Crippen molar-refractivity contribution in [1.82, 2.24) is 9.62 Å². The minimum absolute atomic E-state index is 0. The van der Waals surface area contributed by atoms with E-state index in [1.807, 2.05) is 0 Å². The van der Waals surface area contributed by atoms with E-state index in [2.05, 4.69) is 41.1 Å². The van der Waals surface area contributed by atoms with Gasteiger partial charge in [-0.3, -0.25) is 0 Å². The van der Waals surface area contributed by atoms with Gasteiger partial charge in [-0.1, -0.05) is 35.6 Å². The number of nitrogens with zero attached hydrogens (tertiary/aromatic N) is 1. The molecular weight excluding hydrogens is 486 g/mol. The molecule has 0 aliphatic rings. The first-order valence-electron chi connectivity index (χ1n) is 9.07. The summed E-state index contributed by atoms with van der Waals surface area (Å²) in [5.74, 6) is 0. The molecule has 0 atom stereocenters. The molecule has 11 nitrogen and oxygen atoms in total. The smallest absolute Gasteiger partial charge is 0.229 e. The molecule has 0 aromatic carbocycles. The molecule has 0 unspecified atom stereocenters. The molecule has 204 valence electrons. The van der Waals surface area contributed by atoms with Gasteiger partial charge in [0.25, 0.3) is 0 Å². The van der Waals surface area contributed by atoms with Crippen LogP contribution in [0.15, 0.2) is 0 Å². The molecular formula is C18H50ClN3O8S2. The summed E-state index contributed by atoms with van der Waals surface area (Å²) in [5, 5.41) is 0. The average Bonchev–Trinajstić information content (AvgIpc) is 2.64. The highest BCUT2D eigenvalue weighted by molar-refractivity contribution is 8.13. The first kappa shape index (κ1) is 45.4. The van der Waals surface area contributed by atoms with Crippen LogP contribution in [0.1, 0.15) is 35.6 Å². The Labute approximate surface area is 202 Å². The fourth-order valence-electron chi connectivity index (χ4n) is 1.44. The topological polar surface area (TPSA) is 146 Å². The summed E-state index contributed by atoms with van der Waals surface area (Å²) >= 11 is 0. The number of ether oxygens (including phenoxy) is 4. The highest BCUT2D eigenvalue weighted by Crippen LogP contribution is 1.88. The van der Waals surface area contributed by atoms with Crippen molar-refractivity contribution in [3.05, 3.63) is 0 Å². The molecule has 0 rings (SSSR count). The fourth-order valence-corrected chi connectivity index (χ4v) is 1.88. The second-order valence-corrected chi connectivity index (χ2v) is 10.3. The van der Waals surface area contributed by atoms with Crippen molar-refractivity contribution in [1.29, 1.82) is 0 Å². The van der Waals surface area contributed by atoms with Gasteiger partial charge >= 0.3 is 0 Å². The lowest BCUT2D eigenvalue weighted by atomic mass is 10.5. The Morgan fingerprint density at radius 3 is 1.19 bits per heavy atom. The van der Waals surface area contributed by atoms with E-state index in [0.717, 1.165) is 12.5 Å². The molecule has 0 saturated heterocycles. The van der Waals surface area contributed by atoms with Gasteiger partial charge in [0.05, 0.1) is 19.1 Å². The first-order valence-corrected chi connectivity index (χ1v) is 13.7. The van der Waals surface area contributed by atoms with E-state index in [0.29, 0.717) is 6.54 Å². The van der Waals surface area contributed by atoms with Crippen LogP contribution in [0.3, 0.4) is 0 Å². The highest BCUT2D eigenvalue weighted by atomic mass is 35.7. The summed E-state index contributed by atoms with van der Waals surface area (Å²) in [7, 11) is 4.16. The lowest BCUT2D eigenvalue weighted by Gasteiger charge is -2.13. The largest absolute Gasteiger partial charge is 0.355 e. The zero-order chi connectivity index (χ0) is 24.8. The molecule has 0 spiro atoms. The second kappa shape index (κ2) is 28.9. The fraction of sp³-hybridized carbons (Fsp3) is 1.00. The lowest BCUT2D eigenvalue weighted by molar-refractivity contribution is -0.0960. The lowest BCUT2D eigenvalue weighted by Crippen LogP contribution is -2.33. The SMILES string of the molecule is C.C.CCN(CC)CC.COC(CN)OC.COC(CNS(C)(=O)=O)OC.CS(=O)(=O)Cl. The normalized spacial score (nSPS) is 10.6. The van der Waals surface area contributed by atoms with Crippen molar-refractivity contribution in [2.45, 2.75) is 48.2 Å². The van der Waals surface area contributed by atoms with Gasteiger partial charge < -0.3 is 29.6 Å². The van der Waals surface area contributed by atoms with Crippen molar-refractivity contribution in [2.75, 3.05) is 73.7 Å². The molecule has 0 bridgehead atoms. The van der Waals surface area contributed by atoms with E-state index in [4.69, 9.17) is 24.7 Å². The number of rotatable bonds is 11. The van der Waals surface area contributed by atoms with Crippen molar-refractivity contribution in [3.63, 3.8) is 0 Å². The number of halogens is 1. The Hall–Kier alpha value is -0.0900. The van der Waals surface area contributed by atoms with Gasteiger partial charge in [0.1, 0.15) is 0 Å². The van der Waals surface area contributed by atoms with E-state index >= 15 is 0 Å². The monoisotopic (exact) mass is 535 g/mol. The molecule has 0 aliphatic heterocycles. The number of methoxy groups -OCH3 is 4. The van der Waals surface area contributed by atoms with Crippen LogP contribution in [-0.2, 0) is 38.0 Å². The molecule has 0 aromatic heterocycles. The Morgan fingerprint density at radius 1 is 0.812 bits per heavy atom. The zero-order valence-corrected chi connectivity index (χ0v) is 22.1. The van der Waals surface area contributed by atoms with Gasteiger partial charge in [-0.2, -0.15) is 0 Å². The van der Waals surface area contributed by atoms with Gasteiger partial charge in [0, 0.05) is 45.7 Å². The van der Waals surface area contributed by atoms with Crippen LogP contribution in [0.25, 0.3) is 0 Å². The van der Waals surface area contributed by atoms with Crippen LogP contribution < -0.4 is 10.5 Å². The molecule has 0 aromatic rings. The summed E-state index contributed by atoms with van der Waals surface area (Å²) in [6.45, 7) is 10.7. The molecule has 3 N–H and O–H groups in total. The van der Waals surface area contributed by atoms with Crippen molar-refractivity contribution in [3.8, 4) is 0 Å². The molecule has 0 saturated carbocycles. The van der Waals surface area contributed by atoms with Crippen molar-refractivity contribution < 1.29 is 35.8 Å². The van der Waals surface area contributed by atoms with Crippen LogP contribution in [0.5, 0.6) is 0 Å². The van der Waals surface area contributed by atoms with Crippen LogP contribution in [0.2, 0.25) is 0 Å². The van der Waals surface area contributed by atoms with Gasteiger partial charge in [-0.05, 0) is 19.6 Å². The van der Waals surface area contributed by atoms with E-state index in [9.17, 15) is 16.8 Å². The molecule has 0 amide bonds. The predicted octanol–water partition coefficient (Wildman–Crippen LogP) is 1.52. The Balaban J connectivity index is -0.0000000718. The minimum Gasteiger partial charge on any atom is -0.355 e. The van der Waals surface area contributed by atoms with Crippen molar-refractivity contribution >= 4 is 29.8 Å². The summed E-state index contributed by atoms with van der Waals surface area (Å²) in [4.78, 5) is 2.38. The molecule has 32 heavy (non-hydrogen) atoms.